The Labute approximate surface area is 132 Å². The fourth-order valence-corrected chi connectivity index (χ4v) is 2.62. The van der Waals surface area contributed by atoms with Gasteiger partial charge in [-0.1, -0.05) is 72.8 Å². The van der Waals surface area contributed by atoms with Gasteiger partial charge in [0.15, 0.2) is 0 Å². The summed E-state index contributed by atoms with van der Waals surface area (Å²) in [5.41, 5.74) is 0.680. The molecule has 0 bridgehead atoms. The Hall–Kier alpha value is -0.790. The van der Waals surface area contributed by atoms with Gasteiger partial charge in [0.1, 0.15) is 0 Å². The van der Waals surface area contributed by atoms with Gasteiger partial charge >= 0.3 is 5.97 Å². The maximum atomic E-state index is 12.1. The van der Waals surface area contributed by atoms with E-state index in [4.69, 9.17) is 4.74 Å². The lowest BCUT2D eigenvalue weighted by Gasteiger charge is -2.19. The van der Waals surface area contributed by atoms with Crippen LogP contribution in [0, 0.1) is 11.8 Å². The van der Waals surface area contributed by atoms with E-state index in [2.05, 4.69) is 34.3 Å². The molecule has 0 aliphatic carbocycles. The van der Waals surface area contributed by atoms with Gasteiger partial charge in [0.2, 0.25) is 0 Å². The van der Waals surface area contributed by atoms with Gasteiger partial charge in [-0.3, -0.25) is 0 Å². The molecule has 0 rings (SSSR count). The first-order valence-corrected chi connectivity index (χ1v) is 8.96. The van der Waals surface area contributed by atoms with Crippen molar-refractivity contribution >= 4 is 5.97 Å². The third-order valence-electron chi connectivity index (χ3n) is 4.40. The molecule has 0 N–H and O–H groups in total. The van der Waals surface area contributed by atoms with Crippen molar-refractivity contribution in [1.29, 1.82) is 0 Å². The Morgan fingerprint density at radius 1 is 0.952 bits per heavy atom. The van der Waals surface area contributed by atoms with E-state index in [9.17, 15) is 4.79 Å². The topological polar surface area (TPSA) is 26.3 Å². The van der Waals surface area contributed by atoms with Crippen LogP contribution < -0.4 is 0 Å². The van der Waals surface area contributed by atoms with Crippen molar-refractivity contribution < 1.29 is 9.53 Å². The predicted molar refractivity (Wildman–Crippen MR) is 91.3 cm³/mol. The molecule has 0 heterocycles. The number of rotatable bonds is 13. The average molecular weight is 296 g/mol. The Kier molecular flexibility index (Phi) is 12.4. The van der Waals surface area contributed by atoms with Crippen molar-refractivity contribution in [3.05, 3.63) is 12.2 Å². The number of hydrogen-bond acceptors (Lipinski definition) is 2. The van der Waals surface area contributed by atoms with Crippen molar-refractivity contribution in [3.63, 3.8) is 0 Å². The maximum absolute atomic E-state index is 12.1. The average Bonchev–Trinajstić information content (AvgIpc) is 2.51. The smallest absolute Gasteiger partial charge is 0.333 e. The second-order valence-electron chi connectivity index (χ2n) is 6.14. The number of ether oxygens (including phenoxy) is 1. The van der Waals surface area contributed by atoms with Gasteiger partial charge in [-0.05, 0) is 31.1 Å². The van der Waals surface area contributed by atoms with E-state index in [1.54, 1.807) is 0 Å². The predicted octanol–water partition coefficient (Wildman–Crippen LogP) is 5.91. The van der Waals surface area contributed by atoms with Crippen molar-refractivity contribution in [2.75, 3.05) is 6.61 Å². The van der Waals surface area contributed by atoms with Gasteiger partial charge < -0.3 is 4.74 Å². The Morgan fingerprint density at radius 3 is 2.14 bits per heavy atom. The molecule has 2 atom stereocenters. The van der Waals surface area contributed by atoms with Crippen LogP contribution in [0.15, 0.2) is 12.2 Å². The van der Waals surface area contributed by atoms with E-state index in [-0.39, 0.29) is 5.97 Å². The van der Waals surface area contributed by atoms with Crippen LogP contribution >= 0.6 is 0 Å². The number of carbonyl (C=O) groups excluding carboxylic acids is 1. The quantitative estimate of drug-likeness (QED) is 0.240. The minimum atomic E-state index is -0.173. The van der Waals surface area contributed by atoms with Crippen LogP contribution in [0.4, 0.5) is 0 Å². The number of hydrogen-bond donors (Lipinski definition) is 0. The van der Waals surface area contributed by atoms with Crippen LogP contribution in [0.25, 0.3) is 0 Å². The summed E-state index contributed by atoms with van der Waals surface area (Å²) in [5, 5.41) is 0. The molecule has 0 radical (unpaired) electrons. The number of esters is 1. The first-order chi connectivity index (χ1) is 10.1. The fraction of sp³-hybridized carbons (Fsp3) is 0.842. The molecule has 0 aromatic heterocycles. The number of carbonyl (C=O) groups is 1. The molecule has 0 aliphatic heterocycles. The zero-order valence-electron chi connectivity index (χ0n) is 14.7. The van der Waals surface area contributed by atoms with Crippen molar-refractivity contribution in [2.24, 2.45) is 11.8 Å². The molecular weight excluding hydrogens is 260 g/mol. The van der Waals surface area contributed by atoms with Gasteiger partial charge in [-0.25, -0.2) is 4.79 Å². The molecule has 0 aliphatic rings. The van der Waals surface area contributed by atoms with E-state index in [1.165, 1.54) is 32.1 Å². The third-order valence-corrected chi connectivity index (χ3v) is 4.40. The van der Waals surface area contributed by atoms with Crippen LogP contribution in [-0.2, 0) is 9.53 Å². The standard InChI is InChI=1S/C19H36O2/c1-6-10-12-14-18(9-4)16(5)19(20)21-15-17(8-3)13-11-7-2/h17-18H,5-15H2,1-4H3. The van der Waals surface area contributed by atoms with Crippen LogP contribution in [0.3, 0.4) is 0 Å². The first kappa shape index (κ1) is 20.2. The minimum Gasteiger partial charge on any atom is -0.462 e. The SMILES string of the molecule is C=C(C(=O)OCC(CC)CCCC)C(CC)CCCCC. The van der Waals surface area contributed by atoms with Gasteiger partial charge in [0, 0.05) is 5.57 Å². The summed E-state index contributed by atoms with van der Waals surface area (Å²) in [6, 6.07) is 0. The van der Waals surface area contributed by atoms with Crippen molar-refractivity contribution in [2.45, 2.75) is 85.5 Å². The van der Waals surface area contributed by atoms with Gasteiger partial charge in [0.25, 0.3) is 0 Å². The molecule has 0 amide bonds. The second kappa shape index (κ2) is 12.9. The van der Waals surface area contributed by atoms with Gasteiger partial charge in [0.05, 0.1) is 6.61 Å². The molecule has 0 saturated heterocycles. The zero-order chi connectivity index (χ0) is 16.1. The van der Waals surface area contributed by atoms with Gasteiger partial charge in [-0.2, -0.15) is 0 Å². The molecule has 0 aromatic carbocycles. The summed E-state index contributed by atoms with van der Waals surface area (Å²) in [6.07, 6.45) is 10.3. The molecule has 2 heteroatoms. The summed E-state index contributed by atoms with van der Waals surface area (Å²) < 4.78 is 5.50. The van der Waals surface area contributed by atoms with Crippen LogP contribution in [0.1, 0.15) is 85.5 Å². The molecule has 2 nitrogen and oxygen atoms in total. The zero-order valence-corrected chi connectivity index (χ0v) is 14.7. The van der Waals surface area contributed by atoms with E-state index in [0.29, 0.717) is 24.0 Å². The highest BCUT2D eigenvalue weighted by molar-refractivity contribution is 5.88. The van der Waals surface area contributed by atoms with Crippen LogP contribution in [0.5, 0.6) is 0 Å². The third kappa shape index (κ3) is 8.95. The molecule has 0 aromatic rings. The summed E-state index contributed by atoms with van der Waals surface area (Å²) in [6.45, 7) is 13.2. The lowest BCUT2D eigenvalue weighted by molar-refractivity contribution is -0.141. The number of unbranched alkanes of at least 4 members (excludes halogenated alkanes) is 3. The Balaban J connectivity index is 4.19. The minimum absolute atomic E-state index is 0.173. The normalized spacial score (nSPS) is 13.7. The van der Waals surface area contributed by atoms with Crippen LogP contribution in [0.2, 0.25) is 0 Å². The lowest BCUT2D eigenvalue weighted by Crippen LogP contribution is -2.19. The summed E-state index contributed by atoms with van der Waals surface area (Å²) >= 11 is 0. The monoisotopic (exact) mass is 296 g/mol. The Bertz CT molecular complexity index is 283. The second-order valence-corrected chi connectivity index (χ2v) is 6.14. The summed E-state index contributed by atoms with van der Waals surface area (Å²) in [5.74, 6) is 0.620. The van der Waals surface area contributed by atoms with Crippen molar-refractivity contribution in [3.8, 4) is 0 Å². The van der Waals surface area contributed by atoms with E-state index in [1.807, 2.05) is 0 Å². The summed E-state index contributed by atoms with van der Waals surface area (Å²) in [7, 11) is 0. The van der Waals surface area contributed by atoms with Crippen LogP contribution in [-0.4, -0.2) is 12.6 Å². The molecular formula is C19H36O2. The molecule has 0 spiro atoms. The van der Waals surface area contributed by atoms with Gasteiger partial charge in [-0.15, -0.1) is 0 Å². The molecule has 0 saturated carbocycles. The maximum Gasteiger partial charge on any atom is 0.333 e. The van der Waals surface area contributed by atoms with Crippen molar-refractivity contribution in [1.82, 2.24) is 0 Å². The molecule has 124 valence electrons. The lowest BCUT2D eigenvalue weighted by atomic mass is 9.91. The highest BCUT2D eigenvalue weighted by Crippen LogP contribution is 2.22. The molecule has 21 heavy (non-hydrogen) atoms. The largest absolute Gasteiger partial charge is 0.462 e. The molecule has 2 unspecified atom stereocenters. The van der Waals surface area contributed by atoms with E-state index in [0.717, 1.165) is 25.7 Å². The van der Waals surface area contributed by atoms with E-state index < -0.39 is 0 Å². The molecule has 0 fully saturated rings. The Morgan fingerprint density at radius 2 is 1.62 bits per heavy atom. The fourth-order valence-electron chi connectivity index (χ4n) is 2.62. The summed E-state index contributed by atoms with van der Waals surface area (Å²) in [4.78, 5) is 12.1. The highest BCUT2D eigenvalue weighted by atomic mass is 16.5. The first-order valence-electron chi connectivity index (χ1n) is 8.96. The highest BCUT2D eigenvalue weighted by Gasteiger charge is 2.19. The van der Waals surface area contributed by atoms with E-state index >= 15 is 0 Å².